The summed E-state index contributed by atoms with van der Waals surface area (Å²) >= 11 is 25.0. The van der Waals surface area contributed by atoms with E-state index in [2.05, 4.69) is 20.7 Å². The molecule has 224 valence electrons. The molecule has 5 rings (SSSR count). The van der Waals surface area contributed by atoms with E-state index >= 15 is 0 Å². The predicted molar refractivity (Wildman–Crippen MR) is 183 cm³/mol. The van der Waals surface area contributed by atoms with E-state index in [9.17, 15) is 4.79 Å². The molecule has 0 spiro atoms. The Balaban J connectivity index is 0.00000461. The van der Waals surface area contributed by atoms with Gasteiger partial charge in [-0.15, -0.1) is 10.2 Å². The summed E-state index contributed by atoms with van der Waals surface area (Å²) in [6, 6.07) is 32.9. The van der Waals surface area contributed by atoms with Crippen LogP contribution >= 0.6 is 46.4 Å². The number of hydrogen-bond donors (Lipinski definition) is 0. The summed E-state index contributed by atoms with van der Waals surface area (Å²) < 4.78 is 5.70. The molecular weight excluding hydrogens is 849 g/mol. The van der Waals surface area contributed by atoms with Crippen LogP contribution in [0, 0.1) is 0 Å². The maximum atomic E-state index is 12.3. The zero-order valence-corrected chi connectivity index (χ0v) is 30.4. The van der Waals surface area contributed by atoms with Crippen LogP contribution in [0.2, 0.25) is 20.1 Å². The van der Waals surface area contributed by atoms with Crippen molar-refractivity contribution in [3.8, 4) is 5.75 Å². The fraction of sp³-hybridized carbons (Fsp3) is 0.0312. The topological polar surface area (TPSA) is 82.2 Å². The molecule has 0 N–H and O–H groups in total. The fourth-order valence-corrected chi connectivity index (χ4v) is 4.64. The molecular formula is C32H22Cl4N6O2Pb. The van der Waals surface area contributed by atoms with Crippen molar-refractivity contribution in [3.05, 3.63) is 135 Å². The first-order valence-corrected chi connectivity index (χ1v) is 14.6. The largest absolute Gasteiger partial charge is 0.424 e. The van der Waals surface area contributed by atoms with Crippen LogP contribution in [0.3, 0.4) is 0 Å². The molecule has 0 aliphatic rings. The van der Waals surface area contributed by atoms with E-state index in [0.717, 1.165) is 0 Å². The van der Waals surface area contributed by atoms with Crippen LogP contribution in [0.5, 0.6) is 5.75 Å². The monoisotopic (exact) mass is 870 g/mol. The van der Waals surface area contributed by atoms with Crippen LogP contribution in [0.15, 0.2) is 136 Å². The Morgan fingerprint density at radius 3 is 1.56 bits per heavy atom. The molecule has 4 radical (unpaired) electrons. The number of benzene rings is 5. The molecule has 45 heavy (non-hydrogen) atoms. The van der Waals surface area contributed by atoms with Gasteiger partial charge in [0, 0.05) is 54.3 Å². The predicted octanol–water partition coefficient (Wildman–Crippen LogP) is 11.5. The average Bonchev–Trinajstić information content (AvgIpc) is 3.00. The van der Waals surface area contributed by atoms with Crippen molar-refractivity contribution < 1.29 is 9.53 Å². The summed E-state index contributed by atoms with van der Waals surface area (Å²) in [4.78, 5) is 12.3. The summed E-state index contributed by atoms with van der Waals surface area (Å²) in [6.07, 6.45) is 0. The minimum atomic E-state index is -0.541. The Bertz CT molecular complexity index is 1840. The molecule has 0 amide bonds. The van der Waals surface area contributed by atoms with E-state index in [4.69, 9.17) is 51.1 Å². The second-order valence-electron chi connectivity index (χ2n) is 9.13. The normalized spacial score (nSPS) is 11.0. The van der Waals surface area contributed by atoms with Gasteiger partial charge in [-0.2, -0.15) is 0 Å². The maximum absolute atomic E-state index is 12.3. The SMILES string of the molecule is CC(=O)Oc1cccc(N(N=Nc2ccc(Cl)cc2)c2cccc(Cl)c2)c1N(N=Nc1ccc(Cl)cc1)c1cccc(Cl)c1.[Pb]. The van der Waals surface area contributed by atoms with Gasteiger partial charge in [0.1, 0.15) is 5.69 Å². The van der Waals surface area contributed by atoms with E-state index in [1.807, 2.05) is 6.07 Å². The number of halogens is 4. The summed E-state index contributed by atoms with van der Waals surface area (Å²) in [5.41, 5.74) is 2.92. The number of esters is 1. The Morgan fingerprint density at radius 2 is 1.07 bits per heavy atom. The second kappa shape index (κ2) is 16.1. The number of para-hydroxylation sites is 1. The van der Waals surface area contributed by atoms with E-state index in [1.54, 1.807) is 114 Å². The van der Waals surface area contributed by atoms with Crippen molar-refractivity contribution >= 4 is 114 Å². The maximum Gasteiger partial charge on any atom is 0.308 e. The molecule has 8 nitrogen and oxygen atoms in total. The summed E-state index contributed by atoms with van der Waals surface area (Å²) in [5.74, 6) is -0.361. The number of hydrogen-bond acceptors (Lipinski definition) is 6. The van der Waals surface area contributed by atoms with Gasteiger partial charge in [-0.1, -0.05) is 75.0 Å². The molecule has 0 atom stereocenters. The van der Waals surface area contributed by atoms with Crippen LogP contribution in [-0.4, -0.2) is 33.3 Å². The van der Waals surface area contributed by atoms with Gasteiger partial charge < -0.3 is 4.74 Å². The average molecular weight is 872 g/mol. The molecule has 0 saturated heterocycles. The third kappa shape index (κ3) is 9.24. The van der Waals surface area contributed by atoms with Crippen LogP contribution in [0.4, 0.5) is 34.1 Å². The van der Waals surface area contributed by atoms with E-state index in [1.165, 1.54) is 11.9 Å². The van der Waals surface area contributed by atoms with Crippen molar-refractivity contribution in [2.24, 2.45) is 20.7 Å². The summed E-state index contributed by atoms with van der Waals surface area (Å²) in [5, 5.41) is 23.2. The first kappa shape index (κ1) is 34.3. The van der Waals surface area contributed by atoms with Gasteiger partial charge in [0.15, 0.2) is 5.75 Å². The molecule has 0 unspecified atom stereocenters. The molecule has 0 aromatic heterocycles. The molecule has 0 aliphatic heterocycles. The molecule has 0 bridgehead atoms. The molecule has 5 aromatic carbocycles. The molecule has 5 aromatic rings. The molecule has 0 heterocycles. The first-order chi connectivity index (χ1) is 21.3. The van der Waals surface area contributed by atoms with Gasteiger partial charge >= 0.3 is 5.97 Å². The standard InChI is InChI=1S/C32H22Cl4N6O2.Pb/c1-21(43)44-31-10-4-9-30(41(28-7-2-5-24(35)19-28)39-37-26-15-11-22(33)12-16-26)32(31)42(29-8-3-6-25(36)20-29)40-38-27-17-13-23(34)14-18-27;/h2-20H,1H3;. The summed E-state index contributed by atoms with van der Waals surface area (Å²) in [7, 11) is 0. The van der Waals surface area contributed by atoms with E-state index < -0.39 is 5.97 Å². The minimum Gasteiger partial charge on any atom is -0.424 e. The zero-order chi connectivity index (χ0) is 31.1. The third-order valence-electron chi connectivity index (χ3n) is 5.93. The Labute approximate surface area is 300 Å². The van der Waals surface area contributed by atoms with E-state index in [-0.39, 0.29) is 33.0 Å². The Morgan fingerprint density at radius 1 is 0.600 bits per heavy atom. The van der Waals surface area contributed by atoms with Gasteiger partial charge in [0.05, 0.1) is 28.4 Å². The first-order valence-electron chi connectivity index (χ1n) is 13.0. The van der Waals surface area contributed by atoms with Crippen LogP contribution in [0.1, 0.15) is 6.92 Å². The summed E-state index contributed by atoms with van der Waals surface area (Å²) in [6.45, 7) is 1.31. The van der Waals surface area contributed by atoms with Crippen molar-refractivity contribution in [1.29, 1.82) is 0 Å². The Hall–Kier alpha value is -3.55. The third-order valence-corrected chi connectivity index (χ3v) is 6.90. The number of carbonyl (C=O) groups is 1. The van der Waals surface area contributed by atoms with Crippen molar-refractivity contribution in [2.45, 2.75) is 6.92 Å². The van der Waals surface area contributed by atoms with Crippen molar-refractivity contribution in [2.75, 3.05) is 10.0 Å². The van der Waals surface area contributed by atoms with Crippen LogP contribution < -0.4 is 14.8 Å². The van der Waals surface area contributed by atoms with Crippen LogP contribution in [0.25, 0.3) is 0 Å². The molecule has 0 saturated carbocycles. The van der Waals surface area contributed by atoms with Gasteiger partial charge in [-0.05, 0) is 97.1 Å². The molecule has 0 aliphatic carbocycles. The quantitative estimate of drug-likeness (QED) is 0.0486. The number of rotatable bonds is 9. The van der Waals surface area contributed by atoms with Crippen LogP contribution in [-0.2, 0) is 4.79 Å². The molecule has 13 heteroatoms. The minimum absolute atomic E-state index is 0. The van der Waals surface area contributed by atoms with Crippen molar-refractivity contribution in [3.63, 3.8) is 0 Å². The van der Waals surface area contributed by atoms with Crippen molar-refractivity contribution in [1.82, 2.24) is 0 Å². The fourth-order valence-electron chi connectivity index (χ4n) is 4.02. The zero-order valence-electron chi connectivity index (χ0n) is 23.5. The number of nitrogens with zero attached hydrogens (tertiary/aromatic N) is 6. The van der Waals surface area contributed by atoms with Gasteiger partial charge in [-0.3, -0.25) is 4.79 Å². The number of carbonyl (C=O) groups excluding carboxylic acids is 1. The number of ether oxygens (including phenoxy) is 1. The van der Waals surface area contributed by atoms with Gasteiger partial charge in [-0.25, -0.2) is 10.0 Å². The molecule has 0 fully saturated rings. The van der Waals surface area contributed by atoms with Gasteiger partial charge in [0.2, 0.25) is 0 Å². The van der Waals surface area contributed by atoms with Gasteiger partial charge in [0.25, 0.3) is 0 Å². The smallest absolute Gasteiger partial charge is 0.308 e. The second-order valence-corrected chi connectivity index (χ2v) is 10.9. The number of anilines is 4. The Kier molecular flexibility index (Phi) is 12.3. The van der Waals surface area contributed by atoms with E-state index in [0.29, 0.717) is 54.2 Å².